The summed E-state index contributed by atoms with van der Waals surface area (Å²) in [6, 6.07) is 8.36. The molecule has 1 aromatic rings. The molecule has 0 radical (unpaired) electrons. The average molecular weight is 167 g/mol. The van der Waals surface area contributed by atoms with Gasteiger partial charge in [-0.15, -0.1) is 0 Å². The highest BCUT2D eigenvalue weighted by Gasteiger charge is 1.83. The number of carbonyl (C=O) groups is 1. The van der Waals surface area contributed by atoms with Crippen molar-refractivity contribution < 1.29 is 4.79 Å². The summed E-state index contributed by atoms with van der Waals surface area (Å²) in [7, 11) is 0. The number of rotatable bonds is 0. The molecule has 0 heterocycles. The molecule has 0 fully saturated rings. The molecule has 12 heavy (non-hydrogen) atoms. The van der Waals surface area contributed by atoms with Gasteiger partial charge in [-0.1, -0.05) is 31.7 Å². The Morgan fingerprint density at radius 2 is 1.42 bits per heavy atom. The second-order valence-corrected chi connectivity index (χ2v) is 2.22. The van der Waals surface area contributed by atoms with Crippen LogP contribution in [0.3, 0.4) is 0 Å². The maximum Gasteiger partial charge on any atom is 0.204 e. The highest BCUT2D eigenvalue weighted by atomic mass is 16.1. The van der Waals surface area contributed by atoms with Gasteiger partial charge in [-0.05, 0) is 25.0 Å². The van der Waals surface area contributed by atoms with Crippen molar-refractivity contribution in [1.82, 2.24) is 0 Å². The van der Waals surface area contributed by atoms with E-state index in [9.17, 15) is 0 Å². The molecular weight excluding hydrogens is 150 g/mol. The molecule has 0 aromatic heterocycles. The van der Waals surface area contributed by atoms with Crippen LogP contribution in [0.1, 0.15) is 18.6 Å². The van der Waals surface area contributed by atoms with Crippen LogP contribution in [0.25, 0.3) is 0 Å². The largest absolute Gasteiger partial charge is 0.372 e. The van der Waals surface area contributed by atoms with Gasteiger partial charge >= 0.3 is 0 Å². The van der Waals surface area contributed by atoms with E-state index in [0.717, 1.165) is 0 Å². The Labute approximate surface area is 74.4 Å². The van der Waals surface area contributed by atoms with E-state index in [0.29, 0.717) is 0 Å². The fraction of sp³-hybridized carbons (Fsp3) is 0.300. The molecule has 2 nitrogen and oxygen atoms in total. The zero-order valence-electron chi connectivity index (χ0n) is 6.87. The lowest BCUT2D eigenvalue weighted by atomic mass is 10.1. The smallest absolute Gasteiger partial charge is 0.204 e. The lowest BCUT2D eigenvalue weighted by Gasteiger charge is -1.93. The van der Waals surface area contributed by atoms with Gasteiger partial charge in [-0.2, -0.15) is 0 Å². The van der Waals surface area contributed by atoms with Crippen molar-refractivity contribution >= 4 is 6.41 Å². The van der Waals surface area contributed by atoms with Gasteiger partial charge in [0.05, 0.1) is 0 Å². The van der Waals surface area contributed by atoms with E-state index < -0.39 is 0 Å². The average Bonchev–Trinajstić information content (AvgIpc) is 1.97. The molecule has 1 rings (SSSR count). The predicted molar refractivity (Wildman–Crippen MR) is 52.9 cm³/mol. The molecule has 0 aliphatic rings. The SMILES string of the molecule is C.Cc1ccccc1C.NC=O. The number of amides is 1. The third kappa shape index (κ3) is 5.47. The van der Waals surface area contributed by atoms with E-state index in [2.05, 4.69) is 43.8 Å². The predicted octanol–water partition coefficient (Wildman–Crippen LogP) is 2.04. The van der Waals surface area contributed by atoms with Crippen molar-refractivity contribution in [3.8, 4) is 0 Å². The highest BCUT2D eigenvalue weighted by molar-refractivity contribution is 5.42. The van der Waals surface area contributed by atoms with E-state index >= 15 is 0 Å². The van der Waals surface area contributed by atoms with Crippen LogP contribution in [0.4, 0.5) is 0 Å². The molecule has 0 spiro atoms. The second kappa shape index (κ2) is 7.79. The maximum atomic E-state index is 8.58. The third-order valence-corrected chi connectivity index (χ3v) is 1.43. The normalized spacial score (nSPS) is 7.17. The highest BCUT2D eigenvalue weighted by Crippen LogP contribution is 2.02. The Bertz CT molecular complexity index is 200. The van der Waals surface area contributed by atoms with E-state index in [-0.39, 0.29) is 13.8 Å². The van der Waals surface area contributed by atoms with Crippen LogP contribution in [0, 0.1) is 13.8 Å². The summed E-state index contributed by atoms with van der Waals surface area (Å²) < 4.78 is 0. The molecule has 0 atom stereocenters. The monoisotopic (exact) mass is 167 g/mol. The number of aryl methyl sites for hydroxylation is 2. The van der Waals surface area contributed by atoms with E-state index in [1.165, 1.54) is 11.1 Å². The first-order chi connectivity index (χ1) is 5.22. The minimum absolute atomic E-state index is 0. The zero-order chi connectivity index (χ0) is 8.69. The number of benzene rings is 1. The van der Waals surface area contributed by atoms with Crippen molar-refractivity contribution in [2.45, 2.75) is 21.3 Å². The first kappa shape index (κ1) is 13.3. The minimum atomic E-state index is 0. The lowest BCUT2D eigenvalue weighted by molar-refractivity contribution is -0.106. The van der Waals surface area contributed by atoms with E-state index in [4.69, 9.17) is 4.79 Å². The van der Waals surface area contributed by atoms with Gasteiger partial charge in [0.15, 0.2) is 0 Å². The van der Waals surface area contributed by atoms with Gasteiger partial charge in [0.25, 0.3) is 0 Å². The molecule has 1 aromatic carbocycles. The van der Waals surface area contributed by atoms with Crippen molar-refractivity contribution in [2.75, 3.05) is 0 Å². The van der Waals surface area contributed by atoms with Crippen LogP contribution in [-0.2, 0) is 4.79 Å². The van der Waals surface area contributed by atoms with Gasteiger partial charge in [0, 0.05) is 0 Å². The molecule has 0 aliphatic carbocycles. The van der Waals surface area contributed by atoms with Crippen molar-refractivity contribution in [3.63, 3.8) is 0 Å². The van der Waals surface area contributed by atoms with Crippen LogP contribution in [0.15, 0.2) is 24.3 Å². The van der Waals surface area contributed by atoms with Crippen LogP contribution in [0.5, 0.6) is 0 Å². The van der Waals surface area contributed by atoms with Crippen molar-refractivity contribution in [3.05, 3.63) is 35.4 Å². The van der Waals surface area contributed by atoms with Gasteiger partial charge in [0.2, 0.25) is 6.41 Å². The first-order valence-corrected chi connectivity index (χ1v) is 3.40. The Kier molecular flexibility index (Phi) is 8.63. The summed E-state index contributed by atoms with van der Waals surface area (Å²) in [5, 5.41) is 0. The fourth-order valence-electron chi connectivity index (χ4n) is 0.663. The van der Waals surface area contributed by atoms with Crippen LogP contribution >= 0.6 is 0 Å². The fourth-order valence-corrected chi connectivity index (χ4v) is 0.663. The Hall–Kier alpha value is -1.31. The standard InChI is InChI=1S/C8H10.CH3NO.CH4/c1-7-5-3-4-6-8(7)2;2-1-3;/h3-6H,1-2H3;1H,(H2,2,3);1H4. The van der Waals surface area contributed by atoms with Gasteiger partial charge < -0.3 is 5.73 Å². The van der Waals surface area contributed by atoms with Crippen LogP contribution < -0.4 is 5.73 Å². The lowest BCUT2D eigenvalue weighted by Crippen LogP contribution is -1.82. The molecule has 0 saturated carbocycles. The number of hydrogen-bond donors (Lipinski definition) is 1. The van der Waals surface area contributed by atoms with E-state index in [1.54, 1.807) is 0 Å². The Morgan fingerprint density at radius 3 is 1.58 bits per heavy atom. The number of nitrogens with two attached hydrogens (primary N) is 1. The van der Waals surface area contributed by atoms with Gasteiger partial charge in [-0.3, -0.25) is 4.79 Å². The summed E-state index contributed by atoms with van der Waals surface area (Å²) in [6.45, 7) is 4.24. The molecule has 0 aliphatic heterocycles. The van der Waals surface area contributed by atoms with Crippen molar-refractivity contribution in [2.24, 2.45) is 5.73 Å². The maximum absolute atomic E-state index is 8.58. The topological polar surface area (TPSA) is 43.1 Å². The van der Waals surface area contributed by atoms with E-state index in [1.807, 2.05) is 0 Å². The summed E-state index contributed by atoms with van der Waals surface area (Å²) in [6.07, 6.45) is 0.250. The summed E-state index contributed by atoms with van der Waals surface area (Å²) >= 11 is 0. The minimum Gasteiger partial charge on any atom is -0.372 e. The molecule has 1 amide bonds. The quantitative estimate of drug-likeness (QED) is 0.590. The Morgan fingerprint density at radius 1 is 1.17 bits per heavy atom. The summed E-state index contributed by atoms with van der Waals surface area (Å²) in [5.41, 5.74) is 6.90. The summed E-state index contributed by atoms with van der Waals surface area (Å²) in [5.74, 6) is 0. The number of carbonyl (C=O) groups excluding carboxylic acids is 1. The molecule has 68 valence electrons. The van der Waals surface area contributed by atoms with Crippen molar-refractivity contribution in [1.29, 1.82) is 0 Å². The molecule has 2 heteroatoms. The third-order valence-electron chi connectivity index (χ3n) is 1.43. The number of hydrogen-bond acceptors (Lipinski definition) is 1. The summed E-state index contributed by atoms with van der Waals surface area (Å²) in [4.78, 5) is 8.58. The second-order valence-electron chi connectivity index (χ2n) is 2.22. The molecule has 0 bridgehead atoms. The Balaban J connectivity index is 0. The van der Waals surface area contributed by atoms with Gasteiger partial charge in [0.1, 0.15) is 0 Å². The molecular formula is C10H17NO. The number of primary amides is 1. The molecule has 0 unspecified atom stereocenters. The zero-order valence-corrected chi connectivity index (χ0v) is 6.87. The van der Waals surface area contributed by atoms with Crippen LogP contribution in [0.2, 0.25) is 0 Å². The van der Waals surface area contributed by atoms with Gasteiger partial charge in [-0.25, -0.2) is 0 Å². The van der Waals surface area contributed by atoms with Crippen LogP contribution in [-0.4, -0.2) is 6.41 Å². The first-order valence-electron chi connectivity index (χ1n) is 3.40. The molecule has 0 saturated heterocycles. The molecule has 2 N–H and O–H groups in total.